The van der Waals surface area contributed by atoms with Crippen molar-refractivity contribution in [2.45, 2.75) is 60.2 Å². The molecule has 0 unspecified atom stereocenters. The molecular formula is C50H44N4. The van der Waals surface area contributed by atoms with Gasteiger partial charge in [0.25, 0.3) is 0 Å². The number of hydrogen-bond acceptors (Lipinski definition) is 0. The molecule has 4 heteroatoms. The van der Waals surface area contributed by atoms with E-state index in [1.165, 1.54) is 45.0 Å². The lowest BCUT2D eigenvalue weighted by Gasteiger charge is -2.71. The molecule has 0 aliphatic heterocycles. The second-order valence-electron chi connectivity index (χ2n) is 16.7. The summed E-state index contributed by atoms with van der Waals surface area (Å²) in [4.78, 5) is 0. The first-order valence-electron chi connectivity index (χ1n) is 19.5. The van der Waals surface area contributed by atoms with Crippen molar-refractivity contribution >= 4 is 0 Å². The zero-order valence-corrected chi connectivity index (χ0v) is 30.5. The molecule has 4 aliphatic carbocycles. The summed E-state index contributed by atoms with van der Waals surface area (Å²) in [5.41, 5.74) is 10.9. The van der Waals surface area contributed by atoms with E-state index in [9.17, 15) is 0 Å². The number of benzene rings is 4. The van der Waals surface area contributed by atoms with E-state index in [1.807, 2.05) is 0 Å². The molecule has 0 radical (unpaired) electrons. The lowest BCUT2D eigenvalue weighted by molar-refractivity contribution is -0.0691. The average Bonchev–Trinajstić information content (AvgIpc) is 4.07. The Balaban J connectivity index is 1.10. The summed E-state index contributed by atoms with van der Waals surface area (Å²) >= 11 is 0. The molecule has 4 aromatic carbocycles. The van der Waals surface area contributed by atoms with E-state index in [1.54, 1.807) is 0 Å². The average molecular weight is 701 g/mol. The van der Waals surface area contributed by atoms with Crippen LogP contribution in [0.5, 0.6) is 0 Å². The second-order valence-corrected chi connectivity index (χ2v) is 16.7. The molecule has 0 spiro atoms. The van der Waals surface area contributed by atoms with Gasteiger partial charge in [-0.2, -0.15) is 0 Å². The minimum absolute atomic E-state index is 0.0151. The normalized spacial score (nSPS) is 25.6. The minimum atomic E-state index is 0.0151. The third-order valence-corrected chi connectivity index (χ3v) is 13.6. The fourth-order valence-corrected chi connectivity index (χ4v) is 11.8. The van der Waals surface area contributed by atoms with Crippen LogP contribution in [0.4, 0.5) is 0 Å². The van der Waals surface area contributed by atoms with Gasteiger partial charge in [-0.1, -0.05) is 48.5 Å². The molecule has 4 bridgehead atoms. The summed E-state index contributed by atoms with van der Waals surface area (Å²) in [5, 5.41) is 0. The van der Waals surface area contributed by atoms with Gasteiger partial charge >= 0.3 is 0 Å². The van der Waals surface area contributed by atoms with Crippen LogP contribution in [0.15, 0.2) is 195 Å². The van der Waals surface area contributed by atoms with Gasteiger partial charge in [-0.3, -0.25) is 0 Å². The van der Waals surface area contributed by atoms with Crippen molar-refractivity contribution in [2.24, 2.45) is 0 Å². The number of rotatable bonds is 8. The molecule has 4 saturated carbocycles. The molecule has 0 saturated heterocycles. The van der Waals surface area contributed by atoms with Crippen LogP contribution < -0.4 is 0 Å². The summed E-state index contributed by atoms with van der Waals surface area (Å²) in [6.45, 7) is 0. The Morgan fingerprint density at radius 1 is 0.241 bits per heavy atom. The quantitative estimate of drug-likeness (QED) is 0.150. The predicted octanol–water partition coefficient (Wildman–Crippen LogP) is 11.3. The van der Waals surface area contributed by atoms with Crippen molar-refractivity contribution in [3.63, 3.8) is 0 Å². The molecule has 0 N–H and O–H groups in total. The van der Waals surface area contributed by atoms with Gasteiger partial charge in [-0.25, -0.2) is 0 Å². The van der Waals surface area contributed by atoms with E-state index in [-0.39, 0.29) is 21.7 Å². The maximum absolute atomic E-state index is 2.47. The fraction of sp³-hybridized carbons (Fsp3) is 0.200. The molecule has 4 heterocycles. The topological polar surface area (TPSA) is 19.7 Å². The molecule has 4 nitrogen and oxygen atoms in total. The minimum Gasteiger partial charge on any atom is -0.324 e. The SMILES string of the molecule is c1ccn(-c2ccc(C34CC5(c6ccc(-n7cccc7)cc6)CC(c6ccc(-n7cccc7)cc6)(C3)CC(c3ccc(-n6cccc6)cc3)(C4)C5)cc2)c1. The summed E-state index contributed by atoms with van der Waals surface area (Å²) in [6.07, 6.45) is 24.1. The first kappa shape index (κ1) is 31.5. The molecule has 54 heavy (non-hydrogen) atoms. The van der Waals surface area contributed by atoms with E-state index in [2.05, 4.69) is 213 Å². The van der Waals surface area contributed by atoms with Gasteiger partial charge in [0.15, 0.2) is 0 Å². The van der Waals surface area contributed by atoms with Crippen LogP contribution >= 0.6 is 0 Å². The Morgan fingerprint density at radius 3 is 0.574 bits per heavy atom. The standard InChI is InChI=1S/C50H44N4/c1-2-26-51(25-1)43-17-9-39(10-18-43)47-33-48(40-11-19-44(20-12-40)52-27-3-4-28-52)36-49(34-47,41-13-21-45(22-14-41)53-29-5-6-30-53)38-50(35-47,37-48)42-15-23-46(24-16-42)54-31-7-8-32-54/h1-32H,33-38H2. The Bertz CT molecular complexity index is 2100. The number of hydrogen-bond donors (Lipinski definition) is 0. The highest BCUT2D eigenvalue weighted by atomic mass is 15.0. The third kappa shape index (κ3) is 4.89. The Labute approximate surface area is 317 Å². The van der Waals surface area contributed by atoms with E-state index >= 15 is 0 Å². The van der Waals surface area contributed by atoms with E-state index in [4.69, 9.17) is 0 Å². The van der Waals surface area contributed by atoms with Gasteiger partial charge in [0.2, 0.25) is 0 Å². The van der Waals surface area contributed by atoms with Crippen LogP contribution in [0, 0.1) is 0 Å². The van der Waals surface area contributed by atoms with Gasteiger partial charge in [-0.05, 0) is 180 Å². The third-order valence-electron chi connectivity index (χ3n) is 13.6. The molecule has 4 aromatic heterocycles. The van der Waals surface area contributed by atoms with E-state index in [0.717, 1.165) is 38.5 Å². The van der Waals surface area contributed by atoms with Gasteiger partial charge < -0.3 is 18.3 Å². The molecule has 264 valence electrons. The van der Waals surface area contributed by atoms with Gasteiger partial charge in [0, 0.05) is 72.3 Å². The Morgan fingerprint density at radius 2 is 0.407 bits per heavy atom. The molecule has 12 rings (SSSR count). The van der Waals surface area contributed by atoms with Gasteiger partial charge in [0.05, 0.1) is 0 Å². The largest absolute Gasteiger partial charge is 0.324 e. The molecule has 4 fully saturated rings. The van der Waals surface area contributed by atoms with E-state index in [0.29, 0.717) is 0 Å². The first-order chi connectivity index (χ1) is 26.5. The zero-order chi connectivity index (χ0) is 35.8. The van der Waals surface area contributed by atoms with Crippen LogP contribution in [0.1, 0.15) is 60.8 Å². The monoisotopic (exact) mass is 700 g/mol. The molecular weight excluding hydrogens is 657 g/mol. The van der Waals surface area contributed by atoms with Crippen molar-refractivity contribution < 1.29 is 0 Å². The highest BCUT2D eigenvalue weighted by molar-refractivity contribution is 5.53. The van der Waals surface area contributed by atoms with Crippen LogP contribution in [-0.2, 0) is 21.7 Å². The maximum Gasteiger partial charge on any atom is 0.0449 e. The van der Waals surface area contributed by atoms with Gasteiger partial charge in [0.1, 0.15) is 0 Å². The highest BCUT2D eigenvalue weighted by Crippen LogP contribution is 2.74. The molecule has 0 amide bonds. The predicted molar refractivity (Wildman–Crippen MR) is 217 cm³/mol. The van der Waals surface area contributed by atoms with Crippen LogP contribution in [0.25, 0.3) is 22.7 Å². The number of nitrogens with zero attached hydrogens (tertiary/aromatic N) is 4. The van der Waals surface area contributed by atoms with Crippen LogP contribution in [0.3, 0.4) is 0 Å². The second kappa shape index (κ2) is 11.8. The highest BCUT2D eigenvalue weighted by Gasteiger charge is 2.69. The van der Waals surface area contributed by atoms with Crippen molar-refractivity contribution in [3.8, 4) is 22.7 Å². The molecule has 0 atom stereocenters. The summed E-state index contributed by atoms with van der Waals surface area (Å²) < 4.78 is 8.88. The van der Waals surface area contributed by atoms with Crippen molar-refractivity contribution in [2.75, 3.05) is 0 Å². The zero-order valence-electron chi connectivity index (χ0n) is 30.5. The smallest absolute Gasteiger partial charge is 0.0449 e. The molecule has 8 aromatic rings. The summed E-state index contributed by atoms with van der Waals surface area (Å²) in [6, 6.07) is 55.4. The van der Waals surface area contributed by atoms with Crippen molar-refractivity contribution in [1.82, 2.24) is 18.3 Å². The molecule has 4 aliphatic rings. The first-order valence-corrected chi connectivity index (χ1v) is 19.5. The lowest BCUT2D eigenvalue weighted by Crippen LogP contribution is -2.67. The Hall–Kier alpha value is -6.00. The lowest BCUT2D eigenvalue weighted by atomic mass is 9.32. The summed E-state index contributed by atoms with van der Waals surface area (Å²) in [5.74, 6) is 0. The van der Waals surface area contributed by atoms with Gasteiger partial charge in [-0.15, -0.1) is 0 Å². The van der Waals surface area contributed by atoms with E-state index < -0.39 is 0 Å². The van der Waals surface area contributed by atoms with Crippen molar-refractivity contribution in [1.29, 1.82) is 0 Å². The van der Waals surface area contributed by atoms with Crippen LogP contribution in [-0.4, -0.2) is 18.3 Å². The maximum atomic E-state index is 2.47. The fourth-order valence-electron chi connectivity index (χ4n) is 11.8. The summed E-state index contributed by atoms with van der Waals surface area (Å²) in [7, 11) is 0. The van der Waals surface area contributed by atoms with Crippen molar-refractivity contribution in [3.05, 3.63) is 217 Å². The van der Waals surface area contributed by atoms with Crippen LogP contribution in [0.2, 0.25) is 0 Å². The number of aromatic nitrogens is 4. The Kier molecular flexibility index (Phi) is 6.86.